The van der Waals surface area contributed by atoms with Crippen molar-refractivity contribution in [1.82, 2.24) is 24.5 Å². The summed E-state index contributed by atoms with van der Waals surface area (Å²) in [5.74, 6) is 4.15. The van der Waals surface area contributed by atoms with Crippen molar-refractivity contribution in [2.75, 3.05) is 36.0 Å². The zero-order chi connectivity index (χ0) is 17.9. The van der Waals surface area contributed by atoms with E-state index in [2.05, 4.69) is 39.7 Å². The highest BCUT2D eigenvalue weighted by molar-refractivity contribution is 5.46. The minimum atomic E-state index is 0.339. The Morgan fingerprint density at radius 3 is 2.19 bits per heavy atom. The molecule has 0 bridgehead atoms. The van der Waals surface area contributed by atoms with E-state index in [1.54, 1.807) is 12.5 Å². The highest BCUT2D eigenvalue weighted by Crippen LogP contribution is 2.20. The van der Waals surface area contributed by atoms with Crippen LogP contribution in [-0.4, -0.2) is 50.7 Å². The first-order valence-electron chi connectivity index (χ1n) is 8.99. The molecule has 7 heteroatoms. The van der Waals surface area contributed by atoms with Gasteiger partial charge in [0.1, 0.15) is 29.6 Å². The average molecular weight is 349 g/mol. The lowest BCUT2D eigenvalue weighted by atomic mass is 10.2. The lowest BCUT2D eigenvalue weighted by Crippen LogP contribution is -2.47. The third-order valence-corrected chi connectivity index (χ3v) is 4.59. The number of nitrogens with zero attached hydrogens (tertiary/aromatic N) is 7. The van der Waals surface area contributed by atoms with Crippen LogP contribution in [0, 0.1) is 0 Å². The van der Waals surface area contributed by atoms with E-state index in [4.69, 9.17) is 9.97 Å². The van der Waals surface area contributed by atoms with Gasteiger partial charge in [0.05, 0.1) is 0 Å². The van der Waals surface area contributed by atoms with Crippen molar-refractivity contribution in [2.24, 2.45) is 0 Å². The predicted molar refractivity (Wildman–Crippen MR) is 102 cm³/mol. The summed E-state index contributed by atoms with van der Waals surface area (Å²) in [5, 5.41) is 0. The SMILES string of the molecule is CC(C)c1nccc(N2CCN(c3cccc(-n4ccnc4)n3)CC2)n1. The zero-order valence-corrected chi connectivity index (χ0v) is 15.2. The Kier molecular flexibility index (Phi) is 4.51. The van der Waals surface area contributed by atoms with Gasteiger partial charge >= 0.3 is 0 Å². The summed E-state index contributed by atoms with van der Waals surface area (Å²) >= 11 is 0. The van der Waals surface area contributed by atoms with Crippen molar-refractivity contribution in [3.63, 3.8) is 0 Å². The molecule has 3 aromatic rings. The molecule has 0 saturated carbocycles. The second-order valence-corrected chi connectivity index (χ2v) is 6.73. The van der Waals surface area contributed by atoms with Crippen molar-refractivity contribution in [2.45, 2.75) is 19.8 Å². The number of aromatic nitrogens is 5. The molecule has 0 radical (unpaired) electrons. The van der Waals surface area contributed by atoms with Crippen LogP contribution >= 0.6 is 0 Å². The van der Waals surface area contributed by atoms with Gasteiger partial charge in [0, 0.05) is 50.7 Å². The molecule has 0 N–H and O–H groups in total. The van der Waals surface area contributed by atoms with Gasteiger partial charge in [-0.3, -0.25) is 4.57 Å². The van der Waals surface area contributed by atoms with E-state index in [0.717, 1.165) is 49.5 Å². The van der Waals surface area contributed by atoms with Gasteiger partial charge in [-0.2, -0.15) is 0 Å². The Hall–Kier alpha value is -2.96. The molecule has 26 heavy (non-hydrogen) atoms. The molecule has 0 spiro atoms. The Morgan fingerprint density at radius 1 is 0.846 bits per heavy atom. The predicted octanol–water partition coefficient (Wildman–Crippen LogP) is 2.51. The first-order chi connectivity index (χ1) is 12.7. The summed E-state index contributed by atoms with van der Waals surface area (Å²) in [6.07, 6.45) is 7.30. The van der Waals surface area contributed by atoms with E-state index >= 15 is 0 Å². The van der Waals surface area contributed by atoms with Crippen LogP contribution in [0.15, 0.2) is 49.2 Å². The Morgan fingerprint density at radius 2 is 1.54 bits per heavy atom. The molecule has 4 heterocycles. The third kappa shape index (κ3) is 3.37. The normalized spacial score (nSPS) is 14.9. The van der Waals surface area contributed by atoms with Gasteiger partial charge in [0.2, 0.25) is 0 Å². The largest absolute Gasteiger partial charge is 0.353 e. The summed E-state index contributed by atoms with van der Waals surface area (Å²) in [6.45, 7) is 7.92. The summed E-state index contributed by atoms with van der Waals surface area (Å²) in [5.41, 5.74) is 0. The summed E-state index contributed by atoms with van der Waals surface area (Å²) < 4.78 is 1.92. The fourth-order valence-corrected chi connectivity index (χ4v) is 3.11. The molecular weight excluding hydrogens is 326 g/mol. The zero-order valence-electron chi connectivity index (χ0n) is 15.2. The maximum absolute atomic E-state index is 4.78. The molecule has 1 aliphatic heterocycles. The maximum atomic E-state index is 4.78. The van der Waals surface area contributed by atoms with E-state index < -0.39 is 0 Å². The van der Waals surface area contributed by atoms with E-state index in [0.29, 0.717) is 5.92 Å². The third-order valence-electron chi connectivity index (χ3n) is 4.59. The van der Waals surface area contributed by atoms with Gasteiger partial charge in [0.25, 0.3) is 0 Å². The highest BCUT2D eigenvalue weighted by atomic mass is 15.3. The smallest absolute Gasteiger partial charge is 0.140 e. The number of hydrogen-bond donors (Lipinski definition) is 0. The van der Waals surface area contributed by atoms with Crippen LogP contribution < -0.4 is 9.80 Å². The minimum absolute atomic E-state index is 0.339. The lowest BCUT2D eigenvalue weighted by Gasteiger charge is -2.36. The monoisotopic (exact) mass is 349 g/mol. The van der Waals surface area contributed by atoms with Gasteiger partial charge in [-0.05, 0) is 18.2 Å². The Balaban J connectivity index is 1.46. The first kappa shape index (κ1) is 16.5. The molecule has 1 saturated heterocycles. The van der Waals surface area contributed by atoms with Gasteiger partial charge in [0.15, 0.2) is 0 Å². The van der Waals surface area contributed by atoms with E-state index in [1.807, 2.05) is 35.2 Å². The van der Waals surface area contributed by atoms with Crippen LogP contribution in [0.25, 0.3) is 5.82 Å². The molecule has 0 unspecified atom stereocenters. The molecule has 0 aliphatic carbocycles. The van der Waals surface area contributed by atoms with Crippen LogP contribution in [0.3, 0.4) is 0 Å². The Labute approximate surface area is 153 Å². The van der Waals surface area contributed by atoms with E-state index in [-0.39, 0.29) is 0 Å². The first-order valence-corrected chi connectivity index (χ1v) is 8.99. The molecule has 1 aliphatic rings. The molecular formula is C19H23N7. The van der Waals surface area contributed by atoms with Crippen LogP contribution in [0.4, 0.5) is 11.6 Å². The van der Waals surface area contributed by atoms with Gasteiger partial charge in [-0.1, -0.05) is 19.9 Å². The molecule has 134 valence electrons. The van der Waals surface area contributed by atoms with Crippen molar-refractivity contribution in [1.29, 1.82) is 0 Å². The molecule has 3 aromatic heterocycles. The fraction of sp³-hybridized carbons (Fsp3) is 0.368. The number of piperazine rings is 1. The van der Waals surface area contributed by atoms with Gasteiger partial charge < -0.3 is 9.80 Å². The molecule has 4 rings (SSSR count). The van der Waals surface area contributed by atoms with E-state index in [9.17, 15) is 0 Å². The molecule has 1 fully saturated rings. The van der Waals surface area contributed by atoms with Crippen molar-refractivity contribution < 1.29 is 0 Å². The number of anilines is 2. The Bertz CT molecular complexity index is 852. The maximum Gasteiger partial charge on any atom is 0.140 e. The number of hydrogen-bond acceptors (Lipinski definition) is 6. The average Bonchev–Trinajstić information content (AvgIpc) is 3.23. The van der Waals surface area contributed by atoms with Crippen molar-refractivity contribution in [3.05, 3.63) is 55.0 Å². The number of pyridine rings is 1. The molecule has 7 nitrogen and oxygen atoms in total. The number of imidazole rings is 1. The fourth-order valence-electron chi connectivity index (χ4n) is 3.11. The molecule has 0 aromatic carbocycles. The van der Waals surface area contributed by atoms with Crippen LogP contribution in [0.5, 0.6) is 0 Å². The van der Waals surface area contributed by atoms with Crippen LogP contribution in [0.2, 0.25) is 0 Å². The summed E-state index contributed by atoms with van der Waals surface area (Å²) in [6, 6.07) is 8.11. The standard InChI is InChI=1S/C19H23N7/c1-15(2)19-21-7-6-18(23-19)25-12-10-24(11-13-25)16-4-3-5-17(22-16)26-9-8-20-14-26/h3-9,14-15H,10-13H2,1-2H3. The van der Waals surface area contributed by atoms with E-state index in [1.165, 1.54) is 0 Å². The second-order valence-electron chi connectivity index (χ2n) is 6.73. The number of rotatable bonds is 4. The second kappa shape index (κ2) is 7.11. The van der Waals surface area contributed by atoms with Crippen molar-refractivity contribution in [3.8, 4) is 5.82 Å². The highest BCUT2D eigenvalue weighted by Gasteiger charge is 2.20. The quantitative estimate of drug-likeness (QED) is 0.721. The summed E-state index contributed by atoms with van der Waals surface area (Å²) in [4.78, 5) is 22.6. The van der Waals surface area contributed by atoms with Crippen LogP contribution in [-0.2, 0) is 0 Å². The van der Waals surface area contributed by atoms with Gasteiger partial charge in [-0.15, -0.1) is 0 Å². The summed E-state index contributed by atoms with van der Waals surface area (Å²) in [7, 11) is 0. The lowest BCUT2D eigenvalue weighted by molar-refractivity contribution is 0.636. The molecule has 0 amide bonds. The molecule has 0 atom stereocenters. The minimum Gasteiger partial charge on any atom is -0.353 e. The topological polar surface area (TPSA) is 63.0 Å². The van der Waals surface area contributed by atoms with Crippen LogP contribution in [0.1, 0.15) is 25.6 Å². The van der Waals surface area contributed by atoms with Crippen molar-refractivity contribution >= 4 is 11.6 Å². The van der Waals surface area contributed by atoms with Gasteiger partial charge in [-0.25, -0.2) is 19.9 Å².